The number of hydrogen-bond donors (Lipinski definition) is 2. The van der Waals surface area contributed by atoms with Crippen molar-refractivity contribution in [2.45, 2.75) is 77.7 Å². The van der Waals surface area contributed by atoms with Crippen molar-refractivity contribution in [3.05, 3.63) is 113 Å². The van der Waals surface area contributed by atoms with Gasteiger partial charge in [0.2, 0.25) is 0 Å². The van der Waals surface area contributed by atoms with Gasteiger partial charge in [-0.15, -0.1) is 0 Å². The Labute approximate surface area is 247 Å². The van der Waals surface area contributed by atoms with Crippen LogP contribution < -0.4 is 5.32 Å². The Kier molecular flexibility index (Phi) is 8.02. The number of nitrogens with zero attached hydrogens (tertiary/aromatic N) is 2. The zero-order valence-corrected chi connectivity index (χ0v) is 26.3. The maximum absolute atomic E-state index is 5.40. The van der Waals surface area contributed by atoms with Crippen molar-refractivity contribution in [2.75, 3.05) is 26.2 Å². The van der Waals surface area contributed by atoms with Crippen LogP contribution in [-0.4, -0.2) is 41.0 Å². The smallest absolute Gasteiger partial charge is 0.137 e. The van der Waals surface area contributed by atoms with E-state index >= 15 is 0 Å². The predicted molar refractivity (Wildman–Crippen MR) is 173 cm³/mol. The molecule has 4 aromatic rings. The van der Waals surface area contributed by atoms with Crippen molar-refractivity contribution in [2.24, 2.45) is 0 Å². The molecule has 1 atom stereocenters. The van der Waals surface area contributed by atoms with Gasteiger partial charge in [0, 0.05) is 43.4 Å². The minimum Gasteiger partial charge on any atom is -0.342 e. The highest BCUT2D eigenvalue weighted by Gasteiger charge is 2.46. The molecule has 1 aliphatic heterocycles. The van der Waals surface area contributed by atoms with Crippen molar-refractivity contribution in [1.82, 2.24) is 20.2 Å². The second kappa shape index (κ2) is 11.2. The van der Waals surface area contributed by atoms with Gasteiger partial charge in [-0.2, -0.15) is 0 Å². The summed E-state index contributed by atoms with van der Waals surface area (Å²) in [5.41, 5.74) is 8.57. The van der Waals surface area contributed by atoms with Gasteiger partial charge in [-0.25, -0.2) is 4.98 Å². The minimum atomic E-state index is -0.373. The number of imidazole rings is 1. The van der Waals surface area contributed by atoms with Gasteiger partial charge in [-0.1, -0.05) is 120 Å². The molecule has 41 heavy (non-hydrogen) atoms. The number of piperazine rings is 1. The molecular formula is C37H48N4. The molecule has 1 aliphatic rings. The fraction of sp³-hybridized carbons (Fsp3) is 0.432. The average Bonchev–Trinajstić information content (AvgIpc) is 3.36. The van der Waals surface area contributed by atoms with Crippen LogP contribution in [0.4, 0.5) is 0 Å². The molecule has 0 bridgehead atoms. The van der Waals surface area contributed by atoms with Gasteiger partial charge in [0.1, 0.15) is 5.82 Å². The third kappa shape index (κ3) is 5.91. The molecule has 4 heteroatoms. The topological polar surface area (TPSA) is 44.0 Å². The highest BCUT2D eigenvalue weighted by molar-refractivity contribution is 5.57. The molecule has 1 unspecified atom stereocenters. The number of nitrogens with one attached hydrogen (secondary N) is 2. The van der Waals surface area contributed by atoms with E-state index in [1.807, 2.05) is 0 Å². The Hall–Kier alpha value is -3.21. The molecule has 216 valence electrons. The normalized spacial score (nSPS) is 16.6. The summed E-state index contributed by atoms with van der Waals surface area (Å²) in [4.78, 5) is 11.7. The highest BCUT2D eigenvalue weighted by atomic mass is 15.3. The molecule has 1 fully saturated rings. The van der Waals surface area contributed by atoms with Gasteiger partial charge in [0.05, 0.1) is 11.2 Å². The molecule has 0 amide bonds. The molecule has 0 radical (unpaired) electrons. The van der Waals surface area contributed by atoms with E-state index in [2.05, 4.69) is 149 Å². The Morgan fingerprint density at radius 2 is 1.17 bits per heavy atom. The lowest BCUT2D eigenvalue weighted by Crippen LogP contribution is -2.56. The van der Waals surface area contributed by atoms with Gasteiger partial charge in [-0.05, 0) is 46.9 Å². The second-order valence-corrected chi connectivity index (χ2v) is 14.0. The first-order chi connectivity index (χ1) is 19.4. The van der Waals surface area contributed by atoms with E-state index in [-0.39, 0.29) is 22.3 Å². The third-order valence-corrected chi connectivity index (χ3v) is 8.97. The van der Waals surface area contributed by atoms with Gasteiger partial charge in [-0.3, -0.25) is 4.90 Å². The van der Waals surface area contributed by atoms with Crippen LogP contribution in [0.3, 0.4) is 0 Å². The zero-order valence-electron chi connectivity index (χ0n) is 26.3. The molecule has 0 saturated carbocycles. The summed E-state index contributed by atoms with van der Waals surface area (Å²) < 4.78 is 0. The number of H-pyrrole nitrogens is 1. The summed E-state index contributed by atoms with van der Waals surface area (Å²) in [5, 5.41) is 3.58. The Morgan fingerprint density at radius 1 is 0.683 bits per heavy atom. The van der Waals surface area contributed by atoms with Crippen molar-refractivity contribution in [3.8, 4) is 11.4 Å². The monoisotopic (exact) mass is 548 g/mol. The first kappa shape index (κ1) is 29.3. The summed E-state index contributed by atoms with van der Waals surface area (Å²) >= 11 is 0. The van der Waals surface area contributed by atoms with Gasteiger partial charge in [0.15, 0.2) is 0 Å². The molecule has 0 aliphatic carbocycles. The summed E-state index contributed by atoms with van der Waals surface area (Å²) in [6.07, 6.45) is 0. The summed E-state index contributed by atoms with van der Waals surface area (Å²) in [7, 11) is 0. The predicted octanol–water partition coefficient (Wildman–Crippen LogP) is 7.93. The third-order valence-electron chi connectivity index (χ3n) is 8.97. The van der Waals surface area contributed by atoms with E-state index in [0.717, 1.165) is 49.0 Å². The number of aryl methyl sites for hydroxylation is 1. The molecule has 1 aromatic heterocycles. The van der Waals surface area contributed by atoms with Crippen molar-refractivity contribution in [3.63, 3.8) is 0 Å². The molecule has 0 spiro atoms. The maximum atomic E-state index is 5.40. The maximum Gasteiger partial charge on any atom is 0.137 e. The standard InChI is InChI=1S/C37H48N4/c1-26-33(40-34(39-26)29-12-10-9-11-13-29)37(8,41-24-22-38-23-25-41)32(27-14-18-30(19-15-27)35(2,3)4)28-16-20-31(21-17-28)36(5,6)7/h9-21,32,38H,22-25H2,1-8H3,(H,39,40). The van der Waals surface area contributed by atoms with Gasteiger partial charge in [0.25, 0.3) is 0 Å². The van der Waals surface area contributed by atoms with E-state index in [1.54, 1.807) is 0 Å². The summed E-state index contributed by atoms with van der Waals surface area (Å²) in [5.74, 6) is 1.03. The first-order valence-electron chi connectivity index (χ1n) is 15.2. The largest absolute Gasteiger partial charge is 0.342 e. The quantitative estimate of drug-likeness (QED) is 0.257. The molecule has 2 heterocycles. The van der Waals surface area contributed by atoms with Crippen LogP contribution >= 0.6 is 0 Å². The Morgan fingerprint density at radius 3 is 1.63 bits per heavy atom. The lowest BCUT2D eigenvalue weighted by Gasteiger charge is -2.48. The molecule has 2 N–H and O–H groups in total. The number of hydrogen-bond acceptors (Lipinski definition) is 3. The zero-order chi connectivity index (χ0) is 29.4. The van der Waals surface area contributed by atoms with Crippen LogP contribution in [0.1, 0.15) is 88.0 Å². The lowest BCUT2D eigenvalue weighted by atomic mass is 9.71. The molecule has 4 nitrogen and oxygen atoms in total. The molecular weight excluding hydrogens is 500 g/mol. The number of aromatic nitrogens is 2. The van der Waals surface area contributed by atoms with Crippen LogP contribution in [0.2, 0.25) is 0 Å². The Bertz CT molecular complexity index is 1370. The second-order valence-electron chi connectivity index (χ2n) is 14.0. The molecule has 5 rings (SSSR count). The fourth-order valence-corrected chi connectivity index (χ4v) is 6.48. The number of benzene rings is 3. The average molecular weight is 549 g/mol. The van der Waals surface area contributed by atoms with Gasteiger partial charge < -0.3 is 10.3 Å². The van der Waals surface area contributed by atoms with Crippen LogP contribution in [0.5, 0.6) is 0 Å². The van der Waals surface area contributed by atoms with Crippen molar-refractivity contribution < 1.29 is 0 Å². The van der Waals surface area contributed by atoms with Crippen LogP contribution in [0, 0.1) is 6.92 Å². The fourth-order valence-electron chi connectivity index (χ4n) is 6.48. The van der Waals surface area contributed by atoms with Crippen LogP contribution in [-0.2, 0) is 16.4 Å². The van der Waals surface area contributed by atoms with Crippen LogP contribution in [0.15, 0.2) is 78.9 Å². The van der Waals surface area contributed by atoms with E-state index in [4.69, 9.17) is 4.98 Å². The Balaban J connectivity index is 1.73. The number of rotatable bonds is 6. The highest BCUT2D eigenvalue weighted by Crippen LogP contribution is 2.47. The molecule has 1 saturated heterocycles. The van der Waals surface area contributed by atoms with E-state index < -0.39 is 0 Å². The van der Waals surface area contributed by atoms with Crippen molar-refractivity contribution >= 4 is 0 Å². The minimum absolute atomic E-state index is 0.0919. The van der Waals surface area contributed by atoms with Crippen LogP contribution in [0.25, 0.3) is 11.4 Å². The van der Waals surface area contributed by atoms with E-state index in [1.165, 1.54) is 22.3 Å². The SMILES string of the molecule is Cc1[nH]c(-c2ccccc2)nc1C(C)(C(c1ccc(C(C)(C)C)cc1)c1ccc(C(C)(C)C)cc1)N1CCNCC1. The van der Waals surface area contributed by atoms with Gasteiger partial charge >= 0.3 is 0 Å². The summed E-state index contributed by atoms with van der Waals surface area (Å²) in [6, 6.07) is 29.3. The molecule has 3 aromatic carbocycles. The van der Waals surface area contributed by atoms with E-state index in [0.29, 0.717) is 0 Å². The lowest BCUT2D eigenvalue weighted by molar-refractivity contribution is 0.0673. The number of aromatic amines is 1. The first-order valence-corrected chi connectivity index (χ1v) is 15.2. The van der Waals surface area contributed by atoms with Crippen molar-refractivity contribution in [1.29, 1.82) is 0 Å². The summed E-state index contributed by atoms with van der Waals surface area (Å²) in [6.45, 7) is 22.2. The van der Waals surface area contributed by atoms with E-state index in [9.17, 15) is 0 Å².